The summed E-state index contributed by atoms with van der Waals surface area (Å²) >= 11 is 0. The van der Waals surface area contributed by atoms with E-state index in [1.165, 1.54) is 6.92 Å². The Morgan fingerprint density at radius 2 is 2.17 bits per heavy atom. The molecule has 1 aromatic carbocycles. The van der Waals surface area contributed by atoms with E-state index in [1.54, 1.807) is 0 Å². The van der Waals surface area contributed by atoms with Crippen LogP contribution < -0.4 is 5.32 Å². The SMILES string of the molecule is CC(CO[N+](=O)[O-])N(C(=O)O)C1NC(=O)OC1Cc1ccccc1. The quantitative estimate of drug-likeness (QED) is 0.564. The number of alkyl carbamates (subject to hydrolysis) is 1. The number of rotatable bonds is 7. The number of carbonyl (C=O) groups excluding carboxylic acids is 1. The number of hydrogen-bond donors (Lipinski definition) is 2. The molecule has 2 rings (SSSR count). The first-order valence-electron chi connectivity index (χ1n) is 7.18. The maximum atomic E-state index is 11.6. The van der Waals surface area contributed by atoms with Gasteiger partial charge in [0, 0.05) is 6.42 Å². The molecule has 0 aromatic heterocycles. The van der Waals surface area contributed by atoms with Gasteiger partial charge in [-0.15, -0.1) is 10.1 Å². The number of hydrogen-bond acceptors (Lipinski definition) is 6. The van der Waals surface area contributed by atoms with Crippen LogP contribution in [0, 0.1) is 10.1 Å². The second-order valence-corrected chi connectivity index (χ2v) is 5.28. The van der Waals surface area contributed by atoms with Crippen molar-refractivity contribution < 1.29 is 29.4 Å². The fourth-order valence-electron chi connectivity index (χ4n) is 2.53. The van der Waals surface area contributed by atoms with Crippen molar-refractivity contribution >= 4 is 12.2 Å². The average Bonchev–Trinajstić information content (AvgIpc) is 2.86. The lowest BCUT2D eigenvalue weighted by Crippen LogP contribution is -2.56. The molecule has 2 amide bonds. The standard InChI is InChI=1S/C14H17N3O7/c1-9(8-23-17(21)22)16(14(19)20)12-11(24-13(18)15-12)7-10-5-3-2-4-6-10/h2-6,9,11-12H,7-8H2,1H3,(H,15,18)(H,19,20). The maximum absolute atomic E-state index is 11.6. The van der Waals surface area contributed by atoms with Gasteiger partial charge < -0.3 is 14.7 Å². The van der Waals surface area contributed by atoms with Crippen molar-refractivity contribution in [2.45, 2.75) is 31.7 Å². The predicted molar refractivity (Wildman–Crippen MR) is 79.6 cm³/mol. The minimum Gasteiger partial charge on any atom is -0.465 e. The molecule has 10 nitrogen and oxygen atoms in total. The molecule has 0 spiro atoms. The Morgan fingerprint density at radius 3 is 2.75 bits per heavy atom. The number of carbonyl (C=O) groups is 2. The lowest BCUT2D eigenvalue weighted by Gasteiger charge is -2.32. The van der Waals surface area contributed by atoms with E-state index in [0.29, 0.717) is 6.42 Å². The van der Waals surface area contributed by atoms with Crippen LogP contribution in [-0.4, -0.2) is 52.2 Å². The van der Waals surface area contributed by atoms with Crippen molar-refractivity contribution in [2.75, 3.05) is 6.61 Å². The Balaban J connectivity index is 2.15. The van der Waals surface area contributed by atoms with Crippen LogP contribution in [-0.2, 0) is 16.0 Å². The predicted octanol–water partition coefficient (Wildman–Crippen LogP) is 1.24. The van der Waals surface area contributed by atoms with Gasteiger partial charge in [0.25, 0.3) is 5.09 Å². The van der Waals surface area contributed by atoms with E-state index in [0.717, 1.165) is 10.5 Å². The number of amides is 2. The fraction of sp³-hybridized carbons (Fsp3) is 0.429. The van der Waals surface area contributed by atoms with Gasteiger partial charge in [-0.05, 0) is 12.5 Å². The molecule has 1 aliphatic heterocycles. The van der Waals surface area contributed by atoms with Crippen molar-refractivity contribution in [2.24, 2.45) is 0 Å². The Bertz CT molecular complexity index is 610. The van der Waals surface area contributed by atoms with Gasteiger partial charge in [-0.1, -0.05) is 30.3 Å². The first-order valence-corrected chi connectivity index (χ1v) is 7.18. The number of nitrogens with zero attached hydrogens (tertiary/aromatic N) is 2. The van der Waals surface area contributed by atoms with E-state index in [2.05, 4.69) is 10.2 Å². The Kier molecular flexibility index (Phi) is 5.40. The summed E-state index contributed by atoms with van der Waals surface area (Å²) in [6, 6.07) is 8.26. The van der Waals surface area contributed by atoms with Gasteiger partial charge in [0.1, 0.15) is 18.9 Å². The van der Waals surface area contributed by atoms with E-state index in [1.807, 2.05) is 30.3 Å². The third kappa shape index (κ3) is 4.24. The monoisotopic (exact) mass is 339 g/mol. The Labute approximate surface area is 137 Å². The van der Waals surface area contributed by atoms with Crippen LogP contribution in [0.4, 0.5) is 9.59 Å². The van der Waals surface area contributed by atoms with Gasteiger partial charge >= 0.3 is 12.2 Å². The molecule has 1 saturated heterocycles. The maximum Gasteiger partial charge on any atom is 0.409 e. The number of ether oxygens (including phenoxy) is 1. The summed E-state index contributed by atoms with van der Waals surface area (Å²) < 4.78 is 5.16. The van der Waals surface area contributed by atoms with Gasteiger partial charge in [0.05, 0.1) is 6.04 Å². The highest BCUT2D eigenvalue weighted by molar-refractivity contribution is 5.73. The molecule has 10 heteroatoms. The normalized spacial score (nSPS) is 20.6. The van der Waals surface area contributed by atoms with Crippen molar-refractivity contribution in [1.29, 1.82) is 0 Å². The summed E-state index contributed by atoms with van der Waals surface area (Å²) in [5, 5.41) is 21.2. The van der Waals surface area contributed by atoms with Crippen molar-refractivity contribution in [3.05, 3.63) is 46.0 Å². The molecular weight excluding hydrogens is 322 g/mol. The highest BCUT2D eigenvalue weighted by atomic mass is 16.9. The summed E-state index contributed by atoms with van der Waals surface area (Å²) in [5.41, 5.74) is 0.864. The van der Waals surface area contributed by atoms with Gasteiger partial charge in [-0.3, -0.25) is 10.2 Å². The van der Waals surface area contributed by atoms with Gasteiger partial charge in [-0.2, -0.15) is 0 Å². The molecule has 0 bridgehead atoms. The highest BCUT2D eigenvalue weighted by Gasteiger charge is 2.42. The molecule has 2 N–H and O–H groups in total. The molecule has 130 valence electrons. The van der Waals surface area contributed by atoms with E-state index < -0.39 is 42.2 Å². The van der Waals surface area contributed by atoms with Crippen molar-refractivity contribution in [1.82, 2.24) is 10.2 Å². The zero-order chi connectivity index (χ0) is 17.7. The van der Waals surface area contributed by atoms with E-state index >= 15 is 0 Å². The number of carboxylic acid groups (broad SMARTS) is 1. The zero-order valence-electron chi connectivity index (χ0n) is 12.8. The van der Waals surface area contributed by atoms with Crippen molar-refractivity contribution in [3.63, 3.8) is 0 Å². The van der Waals surface area contributed by atoms with Crippen LogP contribution in [0.2, 0.25) is 0 Å². The van der Waals surface area contributed by atoms with Crippen LogP contribution in [0.15, 0.2) is 30.3 Å². The first kappa shape index (κ1) is 17.3. The third-order valence-corrected chi connectivity index (χ3v) is 3.57. The van der Waals surface area contributed by atoms with Crippen LogP contribution in [0.1, 0.15) is 12.5 Å². The van der Waals surface area contributed by atoms with Crippen LogP contribution in [0.25, 0.3) is 0 Å². The molecule has 0 saturated carbocycles. The number of benzene rings is 1. The van der Waals surface area contributed by atoms with Gasteiger partial charge in [0.2, 0.25) is 0 Å². The highest BCUT2D eigenvalue weighted by Crippen LogP contribution is 2.20. The summed E-state index contributed by atoms with van der Waals surface area (Å²) in [6.07, 6.45) is -3.51. The molecule has 0 aliphatic carbocycles. The summed E-state index contributed by atoms with van der Waals surface area (Å²) in [4.78, 5) is 38.6. The molecule has 24 heavy (non-hydrogen) atoms. The lowest BCUT2D eigenvalue weighted by molar-refractivity contribution is -0.758. The molecular formula is C14H17N3O7. The first-order chi connectivity index (χ1) is 11.4. The molecule has 3 atom stereocenters. The minimum absolute atomic E-state index is 0.302. The second-order valence-electron chi connectivity index (χ2n) is 5.28. The number of cyclic esters (lactones) is 1. The smallest absolute Gasteiger partial charge is 0.409 e. The summed E-state index contributed by atoms with van der Waals surface area (Å²) in [7, 11) is 0. The van der Waals surface area contributed by atoms with Crippen LogP contribution in [0.3, 0.4) is 0 Å². The molecule has 3 unspecified atom stereocenters. The average molecular weight is 339 g/mol. The summed E-state index contributed by atoms with van der Waals surface area (Å²) in [6.45, 7) is 0.991. The van der Waals surface area contributed by atoms with E-state index in [4.69, 9.17) is 4.74 Å². The van der Waals surface area contributed by atoms with Crippen LogP contribution in [0.5, 0.6) is 0 Å². The molecule has 0 radical (unpaired) electrons. The molecule has 1 fully saturated rings. The number of nitrogens with one attached hydrogen (secondary N) is 1. The van der Waals surface area contributed by atoms with Gasteiger partial charge in [-0.25, -0.2) is 9.59 Å². The molecule has 1 aliphatic rings. The molecule has 1 aromatic rings. The lowest BCUT2D eigenvalue weighted by atomic mass is 10.1. The fourth-order valence-corrected chi connectivity index (χ4v) is 2.53. The topological polar surface area (TPSA) is 131 Å². The largest absolute Gasteiger partial charge is 0.465 e. The van der Waals surface area contributed by atoms with E-state index in [9.17, 15) is 24.8 Å². The third-order valence-electron chi connectivity index (χ3n) is 3.57. The van der Waals surface area contributed by atoms with Crippen molar-refractivity contribution in [3.8, 4) is 0 Å². The van der Waals surface area contributed by atoms with E-state index in [-0.39, 0.29) is 0 Å². The summed E-state index contributed by atoms with van der Waals surface area (Å²) in [5.74, 6) is 0. The molecule has 1 heterocycles. The zero-order valence-corrected chi connectivity index (χ0v) is 12.8. The second kappa shape index (κ2) is 7.49. The van der Waals surface area contributed by atoms with Gasteiger partial charge in [0.15, 0.2) is 0 Å². The Morgan fingerprint density at radius 1 is 1.50 bits per heavy atom. The van der Waals surface area contributed by atoms with Crippen LogP contribution >= 0.6 is 0 Å². The Hall–Kier alpha value is -3.04. The minimum atomic E-state index is -1.34.